The van der Waals surface area contributed by atoms with Crippen molar-refractivity contribution in [3.63, 3.8) is 0 Å². The number of nitrogens with one attached hydrogen (secondary N) is 1. The molecule has 2 fully saturated rings. The largest absolute Gasteiger partial charge is 0.480 e. The Morgan fingerprint density at radius 1 is 1.48 bits per heavy atom. The minimum Gasteiger partial charge on any atom is -0.480 e. The predicted molar refractivity (Wildman–Crippen MR) is 86.5 cm³/mol. The highest BCUT2D eigenvalue weighted by molar-refractivity contribution is 9.10. The molecule has 2 aromatic rings. The van der Waals surface area contributed by atoms with Gasteiger partial charge in [0.25, 0.3) is 0 Å². The second kappa shape index (κ2) is 5.49. The van der Waals surface area contributed by atoms with Crippen LogP contribution < -0.4 is 10.1 Å². The Morgan fingerprint density at radius 3 is 2.96 bits per heavy atom. The van der Waals surface area contributed by atoms with Gasteiger partial charge in [0.05, 0.1) is 47.2 Å². The zero-order valence-corrected chi connectivity index (χ0v) is 14.1. The first kappa shape index (κ1) is 14.5. The Morgan fingerprint density at radius 2 is 2.30 bits per heavy atom. The average molecular weight is 375 g/mol. The Bertz CT molecular complexity index is 794. The van der Waals surface area contributed by atoms with Gasteiger partial charge in [-0.05, 0) is 35.2 Å². The van der Waals surface area contributed by atoms with Gasteiger partial charge in [-0.2, -0.15) is 15.3 Å². The first-order valence-corrected chi connectivity index (χ1v) is 8.31. The van der Waals surface area contributed by atoms with Gasteiger partial charge in [0, 0.05) is 12.1 Å². The molecule has 0 radical (unpaired) electrons. The molecule has 0 saturated heterocycles. The number of hydrogen-bond acceptors (Lipinski definition) is 6. The molecule has 0 amide bonds. The predicted octanol–water partition coefficient (Wildman–Crippen LogP) is 3.15. The fraction of sp³-hybridized carbons (Fsp3) is 0.467. The highest BCUT2D eigenvalue weighted by atomic mass is 79.9. The third-order valence-electron chi connectivity index (χ3n) is 4.14. The molecule has 0 unspecified atom stereocenters. The molecule has 0 bridgehead atoms. The van der Waals surface area contributed by atoms with Gasteiger partial charge >= 0.3 is 0 Å². The van der Waals surface area contributed by atoms with Crippen molar-refractivity contribution in [2.45, 2.75) is 31.2 Å². The van der Waals surface area contributed by atoms with Crippen LogP contribution in [0.2, 0.25) is 0 Å². The topological polar surface area (TPSA) is 88.6 Å². The molecule has 0 aliphatic heterocycles. The number of nitriles is 1. The van der Waals surface area contributed by atoms with E-state index < -0.39 is 0 Å². The number of halogens is 1. The van der Waals surface area contributed by atoms with Gasteiger partial charge in [-0.15, -0.1) is 0 Å². The van der Waals surface area contributed by atoms with Crippen LogP contribution in [0.3, 0.4) is 0 Å². The van der Waals surface area contributed by atoms with Gasteiger partial charge in [0.1, 0.15) is 0 Å². The van der Waals surface area contributed by atoms with Crippen molar-refractivity contribution < 1.29 is 4.74 Å². The van der Waals surface area contributed by atoms with Crippen molar-refractivity contribution >= 4 is 27.6 Å². The number of anilines is 2. The third-order valence-corrected chi connectivity index (χ3v) is 4.68. The number of methoxy groups -OCH3 is 1. The number of rotatable bonds is 5. The summed E-state index contributed by atoms with van der Waals surface area (Å²) in [6.45, 7) is 0. The van der Waals surface area contributed by atoms with Crippen molar-refractivity contribution in [2.75, 3.05) is 12.4 Å². The second-order valence-corrected chi connectivity index (χ2v) is 6.75. The van der Waals surface area contributed by atoms with Crippen LogP contribution in [0.15, 0.2) is 16.9 Å². The molecule has 2 heterocycles. The van der Waals surface area contributed by atoms with E-state index in [-0.39, 0.29) is 12.0 Å². The standard InChI is InChI=1S/C15H15BrN6O/c1-23-14-10(16)6-18-15(20-14)19-11-7-22(12-4-9(12)5-17)21-13(11)8-2-3-8/h6-9,12H,2-4H2,1H3,(H,18,19,20)/t9-,12-/m0/s1. The molecule has 1 N–H and O–H groups in total. The zero-order valence-electron chi connectivity index (χ0n) is 12.5. The van der Waals surface area contributed by atoms with Crippen molar-refractivity contribution in [3.05, 3.63) is 22.6 Å². The highest BCUT2D eigenvalue weighted by Crippen LogP contribution is 2.47. The van der Waals surface area contributed by atoms with E-state index in [1.807, 2.05) is 10.9 Å². The molecule has 2 atom stereocenters. The lowest BCUT2D eigenvalue weighted by Gasteiger charge is -2.06. The van der Waals surface area contributed by atoms with Crippen molar-refractivity contribution in [3.8, 4) is 11.9 Å². The molecule has 0 aromatic carbocycles. The third kappa shape index (κ3) is 2.77. The van der Waals surface area contributed by atoms with E-state index in [0.717, 1.165) is 30.6 Å². The molecule has 7 nitrogen and oxygen atoms in total. The van der Waals surface area contributed by atoms with E-state index in [1.54, 1.807) is 13.3 Å². The van der Waals surface area contributed by atoms with E-state index >= 15 is 0 Å². The zero-order chi connectivity index (χ0) is 16.0. The maximum atomic E-state index is 9.01. The molecule has 118 valence electrons. The first-order valence-electron chi connectivity index (χ1n) is 7.52. The lowest BCUT2D eigenvalue weighted by Crippen LogP contribution is -2.00. The Balaban J connectivity index is 1.62. The average Bonchev–Trinajstić information content (AvgIpc) is 3.48. The van der Waals surface area contributed by atoms with Crippen LogP contribution >= 0.6 is 15.9 Å². The molecule has 2 aliphatic carbocycles. The molecule has 0 spiro atoms. The van der Waals surface area contributed by atoms with E-state index in [1.165, 1.54) is 0 Å². The van der Waals surface area contributed by atoms with Gasteiger partial charge in [0.15, 0.2) is 0 Å². The summed E-state index contributed by atoms with van der Waals surface area (Å²) in [5.41, 5.74) is 1.96. The molecule has 2 aromatic heterocycles. The summed E-state index contributed by atoms with van der Waals surface area (Å²) in [5, 5.41) is 16.9. The summed E-state index contributed by atoms with van der Waals surface area (Å²) in [6.07, 6.45) is 6.81. The molecule has 4 rings (SSSR count). The van der Waals surface area contributed by atoms with E-state index in [4.69, 9.17) is 15.1 Å². The van der Waals surface area contributed by atoms with Crippen molar-refractivity contribution in [2.24, 2.45) is 5.92 Å². The van der Waals surface area contributed by atoms with E-state index in [0.29, 0.717) is 22.2 Å². The Hall–Kier alpha value is -2.14. The minimum absolute atomic E-state index is 0.0822. The first-order chi connectivity index (χ1) is 11.2. The van der Waals surface area contributed by atoms with Gasteiger partial charge < -0.3 is 10.1 Å². The monoisotopic (exact) mass is 374 g/mol. The van der Waals surface area contributed by atoms with Gasteiger partial charge in [-0.3, -0.25) is 4.68 Å². The number of nitrogens with zero attached hydrogens (tertiary/aromatic N) is 5. The highest BCUT2D eigenvalue weighted by Gasteiger charge is 2.41. The van der Waals surface area contributed by atoms with Crippen LogP contribution in [0.1, 0.15) is 36.9 Å². The van der Waals surface area contributed by atoms with Gasteiger partial charge in [-0.1, -0.05) is 0 Å². The van der Waals surface area contributed by atoms with Crippen molar-refractivity contribution in [1.82, 2.24) is 19.7 Å². The summed E-state index contributed by atoms with van der Waals surface area (Å²) >= 11 is 3.34. The Labute approximate surface area is 141 Å². The van der Waals surface area contributed by atoms with Crippen LogP contribution in [-0.2, 0) is 0 Å². The summed E-state index contributed by atoms with van der Waals surface area (Å²) in [5.74, 6) is 1.53. The quantitative estimate of drug-likeness (QED) is 0.864. The molecular weight excluding hydrogens is 360 g/mol. The molecule has 23 heavy (non-hydrogen) atoms. The molecule has 8 heteroatoms. The van der Waals surface area contributed by atoms with Crippen molar-refractivity contribution in [1.29, 1.82) is 5.26 Å². The molecule has 2 aliphatic rings. The fourth-order valence-corrected chi connectivity index (χ4v) is 2.97. The summed E-state index contributed by atoms with van der Waals surface area (Å²) in [6, 6.07) is 2.51. The SMILES string of the molecule is COc1nc(Nc2cn([C@H]3C[C@H]3C#N)nc2C2CC2)ncc1Br. The minimum atomic E-state index is 0.0822. The number of hydrogen-bond donors (Lipinski definition) is 1. The van der Waals surface area contributed by atoms with E-state index in [2.05, 4.69) is 37.3 Å². The van der Waals surface area contributed by atoms with Crippen LogP contribution in [-0.4, -0.2) is 26.9 Å². The van der Waals surface area contributed by atoms with Gasteiger partial charge in [0.2, 0.25) is 11.8 Å². The number of aromatic nitrogens is 4. The summed E-state index contributed by atoms with van der Waals surface area (Å²) in [4.78, 5) is 8.59. The van der Waals surface area contributed by atoms with Crippen LogP contribution in [0.25, 0.3) is 0 Å². The number of ether oxygens (including phenoxy) is 1. The fourth-order valence-electron chi connectivity index (χ4n) is 2.62. The summed E-state index contributed by atoms with van der Waals surface area (Å²) in [7, 11) is 1.57. The van der Waals surface area contributed by atoms with Crippen LogP contribution in [0.5, 0.6) is 5.88 Å². The normalized spacial score (nSPS) is 22.5. The lowest BCUT2D eigenvalue weighted by atomic mass is 10.2. The summed E-state index contributed by atoms with van der Waals surface area (Å²) < 4.78 is 7.82. The maximum Gasteiger partial charge on any atom is 0.232 e. The Kier molecular flexibility index (Phi) is 3.45. The van der Waals surface area contributed by atoms with E-state index in [9.17, 15) is 0 Å². The second-order valence-electron chi connectivity index (χ2n) is 5.90. The smallest absolute Gasteiger partial charge is 0.232 e. The molecule has 2 saturated carbocycles. The maximum absolute atomic E-state index is 9.01. The van der Waals surface area contributed by atoms with Crippen LogP contribution in [0, 0.1) is 17.2 Å². The van der Waals surface area contributed by atoms with Gasteiger partial charge in [-0.25, -0.2) is 4.98 Å². The van der Waals surface area contributed by atoms with Crippen LogP contribution in [0.4, 0.5) is 11.6 Å². The molecular formula is C15H15BrN6O. The lowest BCUT2D eigenvalue weighted by molar-refractivity contribution is 0.394.